The molecule has 2 aromatic carbocycles. The molecule has 0 saturated carbocycles. The minimum atomic E-state index is -0.267. The van der Waals surface area contributed by atoms with Crippen LogP contribution < -0.4 is 5.32 Å². The molecule has 1 amide bonds. The molecule has 0 aliphatic rings. The Labute approximate surface area is 146 Å². The second-order valence-corrected chi connectivity index (χ2v) is 6.33. The first-order valence-corrected chi connectivity index (χ1v) is 8.32. The van der Waals surface area contributed by atoms with Crippen LogP contribution in [0.15, 0.2) is 54.7 Å². The van der Waals surface area contributed by atoms with Crippen molar-refractivity contribution in [1.82, 2.24) is 15.3 Å². The van der Waals surface area contributed by atoms with Gasteiger partial charge in [-0.2, -0.15) is 0 Å². The zero-order valence-electron chi connectivity index (χ0n) is 14.3. The number of aliphatic hydroxyl groups excluding tert-OH is 1. The molecular weight excluding hydrogens is 314 g/mol. The Balaban J connectivity index is 1.88. The van der Waals surface area contributed by atoms with Crippen molar-refractivity contribution < 1.29 is 9.90 Å². The number of carbonyl (C=O) groups is 1. The van der Waals surface area contributed by atoms with E-state index in [9.17, 15) is 9.90 Å². The molecule has 3 rings (SSSR count). The SMILES string of the molecule is CC(C)[C@H](CO)NC(=O)c1cccc(-c2cnc3ccccc3n2)c1. The van der Waals surface area contributed by atoms with Crippen molar-refractivity contribution in [1.29, 1.82) is 0 Å². The van der Waals surface area contributed by atoms with Crippen molar-refractivity contribution in [2.75, 3.05) is 6.61 Å². The minimum Gasteiger partial charge on any atom is -0.394 e. The molecule has 0 aliphatic heterocycles. The second-order valence-electron chi connectivity index (χ2n) is 6.33. The summed E-state index contributed by atoms with van der Waals surface area (Å²) < 4.78 is 0. The van der Waals surface area contributed by atoms with Crippen LogP contribution >= 0.6 is 0 Å². The number of carbonyl (C=O) groups excluding carboxylic acids is 1. The molecule has 5 heteroatoms. The number of para-hydroxylation sites is 2. The summed E-state index contributed by atoms with van der Waals surface area (Å²) >= 11 is 0. The van der Waals surface area contributed by atoms with Gasteiger partial charge in [-0.15, -0.1) is 0 Å². The van der Waals surface area contributed by atoms with Gasteiger partial charge < -0.3 is 10.4 Å². The van der Waals surface area contributed by atoms with Gasteiger partial charge in [-0.05, 0) is 30.2 Å². The standard InChI is InChI=1S/C20H21N3O2/c1-13(2)19(12-24)23-20(25)15-7-5-6-14(10-15)18-11-21-16-8-3-4-9-17(16)22-18/h3-11,13,19,24H,12H2,1-2H3,(H,23,25)/t19-/m0/s1. The molecule has 0 saturated heterocycles. The maximum Gasteiger partial charge on any atom is 0.251 e. The van der Waals surface area contributed by atoms with E-state index in [1.807, 2.05) is 50.2 Å². The Morgan fingerprint density at radius 3 is 2.60 bits per heavy atom. The molecule has 128 valence electrons. The topological polar surface area (TPSA) is 75.1 Å². The van der Waals surface area contributed by atoms with E-state index in [1.54, 1.807) is 18.3 Å². The molecule has 25 heavy (non-hydrogen) atoms. The van der Waals surface area contributed by atoms with Gasteiger partial charge >= 0.3 is 0 Å². The maximum atomic E-state index is 12.5. The van der Waals surface area contributed by atoms with Gasteiger partial charge in [0.15, 0.2) is 0 Å². The Bertz CT molecular complexity index is 893. The molecule has 0 unspecified atom stereocenters. The summed E-state index contributed by atoms with van der Waals surface area (Å²) in [4.78, 5) is 21.5. The van der Waals surface area contributed by atoms with Crippen molar-refractivity contribution in [2.24, 2.45) is 5.92 Å². The number of hydrogen-bond acceptors (Lipinski definition) is 4. The molecule has 0 bridgehead atoms. The normalized spacial score (nSPS) is 12.3. The number of amides is 1. The summed E-state index contributed by atoms with van der Waals surface area (Å²) in [6, 6.07) is 14.7. The van der Waals surface area contributed by atoms with Crippen molar-refractivity contribution in [3.05, 3.63) is 60.3 Å². The summed E-state index contributed by atoms with van der Waals surface area (Å²) in [7, 11) is 0. The summed E-state index contributed by atoms with van der Waals surface area (Å²) in [6.07, 6.45) is 1.71. The van der Waals surface area contributed by atoms with Crippen LogP contribution in [0.1, 0.15) is 24.2 Å². The van der Waals surface area contributed by atoms with Crippen molar-refractivity contribution in [3.63, 3.8) is 0 Å². The predicted octanol–water partition coefficient (Wildman–Crippen LogP) is 3.04. The minimum absolute atomic E-state index is 0.0841. The molecule has 2 N–H and O–H groups in total. The Kier molecular flexibility index (Phi) is 5.05. The molecule has 1 heterocycles. The summed E-state index contributed by atoms with van der Waals surface area (Å²) in [5.74, 6) is -0.0492. The second kappa shape index (κ2) is 7.40. The fourth-order valence-corrected chi connectivity index (χ4v) is 2.59. The van der Waals surface area contributed by atoms with Crippen LogP contribution in [0, 0.1) is 5.92 Å². The average molecular weight is 335 g/mol. The van der Waals surface area contributed by atoms with Crippen LogP contribution in [0.25, 0.3) is 22.3 Å². The van der Waals surface area contributed by atoms with E-state index >= 15 is 0 Å². The molecule has 1 aromatic heterocycles. The predicted molar refractivity (Wildman–Crippen MR) is 98.2 cm³/mol. The zero-order chi connectivity index (χ0) is 17.8. The van der Waals surface area contributed by atoms with Crippen molar-refractivity contribution >= 4 is 16.9 Å². The van der Waals surface area contributed by atoms with E-state index in [2.05, 4.69) is 15.3 Å². The van der Waals surface area contributed by atoms with Gasteiger partial charge in [0, 0.05) is 11.1 Å². The summed E-state index contributed by atoms with van der Waals surface area (Å²) in [6.45, 7) is 3.84. The lowest BCUT2D eigenvalue weighted by molar-refractivity contribution is 0.0897. The van der Waals surface area contributed by atoms with Crippen molar-refractivity contribution in [3.8, 4) is 11.3 Å². The van der Waals surface area contributed by atoms with Crippen LogP contribution in [0.4, 0.5) is 0 Å². The largest absolute Gasteiger partial charge is 0.394 e. The summed E-state index contributed by atoms with van der Waals surface area (Å²) in [5.41, 5.74) is 3.73. The number of hydrogen-bond donors (Lipinski definition) is 2. The van der Waals surface area contributed by atoms with Gasteiger partial charge in [0.2, 0.25) is 0 Å². The third kappa shape index (κ3) is 3.83. The van der Waals surface area contributed by atoms with E-state index in [0.29, 0.717) is 5.56 Å². The van der Waals surface area contributed by atoms with Crippen molar-refractivity contribution in [2.45, 2.75) is 19.9 Å². The quantitative estimate of drug-likeness (QED) is 0.751. The smallest absolute Gasteiger partial charge is 0.251 e. The molecular formula is C20H21N3O2. The fraction of sp³-hybridized carbons (Fsp3) is 0.250. The molecule has 3 aromatic rings. The number of fused-ring (bicyclic) bond motifs is 1. The van der Waals surface area contributed by atoms with E-state index in [4.69, 9.17) is 0 Å². The van der Waals surface area contributed by atoms with E-state index < -0.39 is 0 Å². The van der Waals surface area contributed by atoms with Crippen LogP contribution in [-0.2, 0) is 0 Å². The van der Waals surface area contributed by atoms with Gasteiger partial charge in [0.25, 0.3) is 5.91 Å². The number of benzene rings is 2. The molecule has 1 atom stereocenters. The monoisotopic (exact) mass is 335 g/mol. The van der Waals surface area contributed by atoms with Crippen LogP contribution in [0.5, 0.6) is 0 Å². The third-order valence-electron chi connectivity index (χ3n) is 4.19. The highest BCUT2D eigenvalue weighted by Gasteiger charge is 2.16. The third-order valence-corrected chi connectivity index (χ3v) is 4.19. The average Bonchev–Trinajstić information content (AvgIpc) is 2.65. The highest BCUT2D eigenvalue weighted by Crippen LogP contribution is 2.20. The lowest BCUT2D eigenvalue weighted by Crippen LogP contribution is -2.41. The highest BCUT2D eigenvalue weighted by molar-refractivity contribution is 5.95. The number of aromatic nitrogens is 2. The highest BCUT2D eigenvalue weighted by atomic mass is 16.3. The number of nitrogens with zero attached hydrogens (tertiary/aromatic N) is 2. The van der Waals surface area contributed by atoms with Gasteiger partial charge in [0.05, 0.1) is 35.6 Å². The zero-order valence-corrected chi connectivity index (χ0v) is 14.3. The number of rotatable bonds is 5. The maximum absolute atomic E-state index is 12.5. The van der Waals surface area contributed by atoms with Crippen LogP contribution in [0.2, 0.25) is 0 Å². The van der Waals surface area contributed by atoms with Crippen LogP contribution in [-0.4, -0.2) is 33.6 Å². The first kappa shape index (κ1) is 17.0. The van der Waals surface area contributed by atoms with E-state index in [0.717, 1.165) is 22.3 Å². The Hall–Kier alpha value is -2.79. The number of nitrogens with one attached hydrogen (secondary N) is 1. The Morgan fingerprint density at radius 1 is 1.12 bits per heavy atom. The molecule has 0 spiro atoms. The van der Waals surface area contributed by atoms with Crippen LogP contribution in [0.3, 0.4) is 0 Å². The van der Waals surface area contributed by atoms with E-state index in [1.165, 1.54) is 0 Å². The van der Waals surface area contributed by atoms with Gasteiger partial charge in [0.1, 0.15) is 0 Å². The fourth-order valence-electron chi connectivity index (χ4n) is 2.59. The first-order valence-electron chi connectivity index (χ1n) is 8.32. The molecule has 5 nitrogen and oxygen atoms in total. The summed E-state index contributed by atoms with van der Waals surface area (Å²) in [5, 5.41) is 12.3. The molecule has 0 fully saturated rings. The van der Waals surface area contributed by atoms with Gasteiger partial charge in [-0.25, -0.2) is 4.98 Å². The Morgan fingerprint density at radius 2 is 1.88 bits per heavy atom. The molecule has 0 aliphatic carbocycles. The lowest BCUT2D eigenvalue weighted by Gasteiger charge is -2.20. The lowest BCUT2D eigenvalue weighted by atomic mass is 10.0. The number of aliphatic hydroxyl groups is 1. The molecule has 0 radical (unpaired) electrons. The van der Waals surface area contributed by atoms with E-state index in [-0.39, 0.29) is 24.5 Å². The first-order chi connectivity index (χ1) is 12.1. The van der Waals surface area contributed by atoms with Gasteiger partial charge in [-0.3, -0.25) is 9.78 Å². The van der Waals surface area contributed by atoms with Gasteiger partial charge in [-0.1, -0.05) is 38.1 Å².